The molecule has 0 aromatic heterocycles. The third-order valence-corrected chi connectivity index (χ3v) is 3.91. The van der Waals surface area contributed by atoms with Gasteiger partial charge in [-0.1, -0.05) is 0 Å². The van der Waals surface area contributed by atoms with Crippen LogP contribution in [-0.4, -0.2) is 27.0 Å². The standard InChI is InChI=1S/C10H12N2O4S/c11-7-1-3-8(4-2-7)17(14,15)12-9-5-6-16-10(9)13/h1-4,9,12H,5-6,11H2/t9-/m1/s1. The summed E-state index contributed by atoms with van der Waals surface area (Å²) < 4.78 is 30.7. The molecule has 17 heavy (non-hydrogen) atoms. The van der Waals surface area contributed by atoms with Crippen LogP contribution in [0.15, 0.2) is 29.2 Å². The third kappa shape index (κ3) is 2.56. The van der Waals surface area contributed by atoms with Crippen molar-refractivity contribution in [2.75, 3.05) is 12.3 Å². The van der Waals surface area contributed by atoms with E-state index >= 15 is 0 Å². The molecule has 2 rings (SSSR count). The minimum Gasteiger partial charge on any atom is -0.464 e. The molecule has 1 atom stereocenters. The fraction of sp³-hybridized carbons (Fsp3) is 0.300. The molecule has 0 radical (unpaired) electrons. The Balaban J connectivity index is 2.19. The monoisotopic (exact) mass is 256 g/mol. The van der Waals surface area contributed by atoms with Gasteiger partial charge >= 0.3 is 5.97 Å². The molecule has 0 amide bonds. The van der Waals surface area contributed by atoms with Crippen LogP contribution in [0.2, 0.25) is 0 Å². The zero-order chi connectivity index (χ0) is 12.5. The van der Waals surface area contributed by atoms with Crippen molar-refractivity contribution < 1.29 is 17.9 Å². The first-order valence-electron chi connectivity index (χ1n) is 5.03. The number of ether oxygens (including phenoxy) is 1. The van der Waals surface area contributed by atoms with Crippen LogP contribution in [0.4, 0.5) is 5.69 Å². The van der Waals surface area contributed by atoms with Crippen LogP contribution in [0.1, 0.15) is 6.42 Å². The fourth-order valence-corrected chi connectivity index (χ4v) is 2.72. The van der Waals surface area contributed by atoms with Crippen molar-refractivity contribution in [3.63, 3.8) is 0 Å². The first kappa shape index (κ1) is 11.9. The lowest BCUT2D eigenvalue weighted by atomic mass is 10.3. The summed E-state index contributed by atoms with van der Waals surface area (Å²) in [6.07, 6.45) is 0.354. The molecule has 1 aliphatic heterocycles. The van der Waals surface area contributed by atoms with Gasteiger partial charge in [-0.3, -0.25) is 4.79 Å². The highest BCUT2D eigenvalue weighted by Gasteiger charge is 2.31. The van der Waals surface area contributed by atoms with Crippen LogP contribution in [0.3, 0.4) is 0 Å². The number of benzene rings is 1. The Hall–Kier alpha value is -1.60. The number of nitrogen functional groups attached to an aromatic ring is 1. The summed E-state index contributed by atoms with van der Waals surface area (Å²) in [5.74, 6) is -0.538. The van der Waals surface area contributed by atoms with Crippen molar-refractivity contribution >= 4 is 21.7 Å². The van der Waals surface area contributed by atoms with E-state index in [0.29, 0.717) is 12.1 Å². The molecule has 1 saturated heterocycles. The van der Waals surface area contributed by atoms with E-state index in [0.717, 1.165) is 0 Å². The predicted octanol–water partition coefficient (Wildman–Crippen LogP) is -0.137. The van der Waals surface area contributed by atoms with E-state index in [-0.39, 0.29) is 11.5 Å². The summed E-state index contributed by atoms with van der Waals surface area (Å²) in [4.78, 5) is 11.2. The highest BCUT2D eigenvalue weighted by molar-refractivity contribution is 7.89. The zero-order valence-corrected chi connectivity index (χ0v) is 9.74. The Kier molecular flexibility index (Phi) is 3.03. The highest BCUT2D eigenvalue weighted by Crippen LogP contribution is 2.14. The van der Waals surface area contributed by atoms with Crippen molar-refractivity contribution in [2.45, 2.75) is 17.4 Å². The molecule has 92 valence electrons. The summed E-state index contributed by atoms with van der Waals surface area (Å²) in [5.41, 5.74) is 5.94. The molecule has 0 bridgehead atoms. The van der Waals surface area contributed by atoms with Gasteiger partial charge in [0.2, 0.25) is 10.0 Å². The number of carbonyl (C=O) groups excluding carboxylic acids is 1. The number of carbonyl (C=O) groups is 1. The van der Waals surface area contributed by atoms with Gasteiger partial charge in [-0.2, -0.15) is 4.72 Å². The molecule has 1 aliphatic rings. The molecular weight excluding hydrogens is 244 g/mol. The van der Waals surface area contributed by atoms with Gasteiger partial charge in [-0.05, 0) is 24.3 Å². The van der Waals surface area contributed by atoms with Gasteiger partial charge in [0.05, 0.1) is 11.5 Å². The van der Waals surface area contributed by atoms with Gasteiger partial charge in [-0.25, -0.2) is 8.42 Å². The van der Waals surface area contributed by atoms with Gasteiger partial charge in [0.15, 0.2) is 0 Å². The lowest BCUT2D eigenvalue weighted by molar-refractivity contribution is -0.139. The summed E-state index contributed by atoms with van der Waals surface area (Å²) in [7, 11) is -3.70. The van der Waals surface area contributed by atoms with Crippen molar-refractivity contribution in [3.8, 4) is 0 Å². The molecule has 6 nitrogen and oxygen atoms in total. The van der Waals surface area contributed by atoms with E-state index in [1.54, 1.807) is 0 Å². The zero-order valence-electron chi connectivity index (χ0n) is 8.92. The van der Waals surface area contributed by atoms with Crippen LogP contribution in [0.25, 0.3) is 0 Å². The first-order valence-corrected chi connectivity index (χ1v) is 6.52. The van der Waals surface area contributed by atoms with Crippen LogP contribution < -0.4 is 10.5 Å². The number of hydrogen-bond acceptors (Lipinski definition) is 5. The van der Waals surface area contributed by atoms with Gasteiger partial charge < -0.3 is 10.5 Å². The smallest absolute Gasteiger partial charge is 0.324 e. The van der Waals surface area contributed by atoms with Crippen LogP contribution in [0.5, 0.6) is 0 Å². The van der Waals surface area contributed by atoms with Crippen LogP contribution in [-0.2, 0) is 19.6 Å². The molecule has 7 heteroatoms. The average Bonchev–Trinajstić information content (AvgIpc) is 2.64. The van der Waals surface area contributed by atoms with Gasteiger partial charge in [0.1, 0.15) is 6.04 Å². The lowest BCUT2D eigenvalue weighted by Crippen LogP contribution is -2.37. The lowest BCUT2D eigenvalue weighted by Gasteiger charge is -2.09. The Morgan fingerprint density at radius 2 is 1.94 bits per heavy atom. The number of nitrogens with one attached hydrogen (secondary N) is 1. The number of esters is 1. The normalized spacial score (nSPS) is 20.2. The van der Waals surface area contributed by atoms with Crippen molar-refractivity contribution in [3.05, 3.63) is 24.3 Å². The van der Waals surface area contributed by atoms with Crippen LogP contribution in [0, 0.1) is 0 Å². The van der Waals surface area contributed by atoms with Gasteiger partial charge in [-0.15, -0.1) is 0 Å². The number of hydrogen-bond donors (Lipinski definition) is 2. The van der Waals surface area contributed by atoms with Crippen molar-refractivity contribution in [1.29, 1.82) is 0 Å². The predicted molar refractivity (Wildman–Crippen MR) is 60.5 cm³/mol. The second-order valence-corrected chi connectivity index (χ2v) is 5.41. The van der Waals surface area contributed by atoms with E-state index in [9.17, 15) is 13.2 Å². The quantitative estimate of drug-likeness (QED) is 0.579. The van der Waals surface area contributed by atoms with E-state index < -0.39 is 22.0 Å². The molecule has 1 fully saturated rings. The summed E-state index contributed by atoms with van der Waals surface area (Å²) in [6.45, 7) is 0.244. The average molecular weight is 256 g/mol. The Labute approximate surface area is 98.8 Å². The molecule has 0 unspecified atom stereocenters. The first-order chi connectivity index (χ1) is 7.99. The third-order valence-electron chi connectivity index (χ3n) is 2.42. The second kappa shape index (κ2) is 4.34. The largest absolute Gasteiger partial charge is 0.464 e. The SMILES string of the molecule is Nc1ccc(S(=O)(=O)N[C@@H]2CCOC2=O)cc1. The fourth-order valence-electron chi connectivity index (χ4n) is 1.51. The van der Waals surface area contributed by atoms with Crippen LogP contribution >= 0.6 is 0 Å². The Bertz CT molecular complexity index is 524. The second-order valence-electron chi connectivity index (χ2n) is 3.70. The number of anilines is 1. The molecule has 0 spiro atoms. The molecule has 1 heterocycles. The summed E-state index contributed by atoms with van der Waals surface area (Å²) >= 11 is 0. The molecule has 3 N–H and O–H groups in total. The summed E-state index contributed by atoms with van der Waals surface area (Å²) in [5, 5.41) is 0. The van der Waals surface area contributed by atoms with Gasteiger partial charge in [0.25, 0.3) is 0 Å². The van der Waals surface area contributed by atoms with Gasteiger partial charge in [0, 0.05) is 12.1 Å². The van der Waals surface area contributed by atoms with E-state index in [4.69, 9.17) is 5.73 Å². The van der Waals surface area contributed by atoms with Crippen molar-refractivity contribution in [1.82, 2.24) is 4.72 Å². The minimum atomic E-state index is -3.70. The van der Waals surface area contributed by atoms with E-state index in [1.807, 2.05) is 0 Å². The number of cyclic esters (lactones) is 1. The summed E-state index contributed by atoms with van der Waals surface area (Å²) in [6, 6.07) is 4.96. The van der Waals surface area contributed by atoms with E-state index in [2.05, 4.69) is 9.46 Å². The molecule has 0 aliphatic carbocycles. The molecular formula is C10H12N2O4S. The van der Waals surface area contributed by atoms with Crippen molar-refractivity contribution in [2.24, 2.45) is 0 Å². The topological polar surface area (TPSA) is 98.5 Å². The number of nitrogens with two attached hydrogens (primary N) is 1. The Morgan fingerprint density at radius 3 is 2.47 bits per heavy atom. The molecule has 1 aromatic rings. The maximum Gasteiger partial charge on any atom is 0.324 e. The molecule has 1 aromatic carbocycles. The maximum atomic E-state index is 11.9. The van der Waals surface area contributed by atoms with E-state index in [1.165, 1.54) is 24.3 Å². The highest BCUT2D eigenvalue weighted by atomic mass is 32.2. The number of rotatable bonds is 3. The molecule has 0 saturated carbocycles. The minimum absolute atomic E-state index is 0.0754. The Morgan fingerprint density at radius 1 is 1.29 bits per heavy atom. The number of sulfonamides is 1. The maximum absolute atomic E-state index is 11.9.